The second kappa shape index (κ2) is 13.3. The highest BCUT2D eigenvalue weighted by molar-refractivity contribution is 7.25. The second-order valence-corrected chi connectivity index (χ2v) is 15.1. The predicted molar refractivity (Wildman–Crippen MR) is 233 cm³/mol. The Morgan fingerprint density at radius 2 is 0.857 bits per heavy atom. The van der Waals surface area contributed by atoms with Crippen molar-refractivity contribution in [2.45, 2.75) is 0 Å². The Bertz CT molecular complexity index is 3230. The van der Waals surface area contributed by atoms with Crippen LogP contribution in [-0.2, 0) is 0 Å². The van der Waals surface area contributed by atoms with Crippen molar-refractivity contribution in [2.75, 3.05) is 0 Å². The van der Waals surface area contributed by atoms with E-state index in [0.717, 1.165) is 72.0 Å². The zero-order chi connectivity index (χ0) is 37.0. The Balaban J connectivity index is 1.18. The van der Waals surface area contributed by atoms with Gasteiger partial charge in [-0.1, -0.05) is 152 Å². The molecule has 0 saturated carbocycles. The molecule has 0 aliphatic heterocycles. The van der Waals surface area contributed by atoms with Gasteiger partial charge >= 0.3 is 0 Å². The molecule has 56 heavy (non-hydrogen) atoms. The molecule has 0 saturated heterocycles. The highest BCUT2D eigenvalue weighted by atomic mass is 32.1. The standard InChI is InChI=1S/C51H31N3OS/c1-4-14-32(15-5-1)33-24-26-36(27-25-33)50-52-49(35-18-8-3-9-19-35)53-51(54-50)43-28-37(29-45-48(43)39-21-10-12-22-44(39)55-45)40-30-42-38-20-11-13-23-46(38)56-47(42)31-41(40)34-16-6-2-7-17-34/h1-31H. The Morgan fingerprint density at radius 3 is 1.59 bits per heavy atom. The molecule has 0 N–H and O–H groups in total. The summed E-state index contributed by atoms with van der Waals surface area (Å²) in [4.78, 5) is 15.6. The third-order valence-corrected chi connectivity index (χ3v) is 11.7. The molecule has 11 rings (SSSR count). The van der Waals surface area contributed by atoms with Crippen molar-refractivity contribution < 1.29 is 4.42 Å². The normalized spacial score (nSPS) is 11.6. The maximum Gasteiger partial charge on any atom is 0.164 e. The fraction of sp³-hybridized carbons (Fsp3) is 0. The highest BCUT2D eigenvalue weighted by Crippen LogP contribution is 2.45. The number of para-hydroxylation sites is 1. The number of fused-ring (bicyclic) bond motifs is 6. The lowest BCUT2D eigenvalue weighted by Crippen LogP contribution is -2.01. The van der Waals surface area contributed by atoms with Gasteiger partial charge in [0.05, 0.1) is 0 Å². The van der Waals surface area contributed by atoms with Crippen LogP contribution in [0.25, 0.3) is 110 Å². The smallest absolute Gasteiger partial charge is 0.164 e. The minimum Gasteiger partial charge on any atom is -0.456 e. The minimum atomic E-state index is 0.586. The SMILES string of the molecule is c1ccc(-c2ccc(-c3nc(-c4ccccc4)nc(-c4cc(-c5cc6c(cc5-c5ccccc5)sc5ccccc56)cc5oc6ccccc6c45)n3)cc2)cc1. The van der Waals surface area contributed by atoms with Crippen LogP contribution in [0.5, 0.6) is 0 Å². The molecular weight excluding hydrogens is 703 g/mol. The number of furan rings is 1. The zero-order valence-electron chi connectivity index (χ0n) is 30.1. The minimum absolute atomic E-state index is 0.586. The van der Waals surface area contributed by atoms with Gasteiger partial charge in [0.25, 0.3) is 0 Å². The molecule has 0 bridgehead atoms. The summed E-state index contributed by atoms with van der Waals surface area (Å²) in [6.07, 6.45) is 0. The molecule has 0 fully saturated rings. The molecule has 3 heterocycles. The monoisotopic (exact) mass is 733 g/mol. The lowest BCUT2D eigenvalue weighted by Gasteiger charge is -2.14. The van der Waals surface area contributed by atoms with Crippen molar-refractivity contribution in [1.82, 2.24) is 15.0 Å². The van der Waals surface area contributed by atoms with Gasteiger partial charge < -0.3 is 4.42 Å². The van der Waals surface area contributed by atoms with Crippen molar-refractivity contribution in [3.05, 3.63) is 188 Å². The number of hydrogen-bond donors (Lipinski definition) is 0. The topological polar surface area (TPSA) is 51.8 Å². The maximum absolute atomic E-state index is 6.68. The van der Waals surface area contributed by atoms with Crippen molar-refractivity contribution in [1.29, 1.82) is 0 Å². The van der Waals surface area contributed by atoms with E-state index in [1.807, 2.05) is 59.9 Å². The number of rotatable bonds is 6. The van der Waals surface area contributed by atoms with Gasteiger partial charge in [0.1, 0.15) is 11.2 Å². The molecule has 0 aliphatic rings. The van der Waals surface area contributed by atoms with Crippen LogP contribution in [0.2, 0.25) is 0 Å². The first-order valence-electron chi connectivity index (χ1n) is 18.7. The van der Waals surface area contributed by atoms with Crippen LogP contribution in [0.3, 0.4) is 0 Å². The van der Waals surface area contributed by atoms with Gasteiger partial charge in [0.2, 0.25) is 0 Å². The van der Waals surface area contributed by atoms with Gasteiger partial charge in [-0.25, -0.2) is 15.0 Å². The van der Waals surface area contributed by atoms with E-state index in [1.165, 1.54) is 20.2 Å². The molecule has 0 radical (unpaired) electrons. The van der Waals surface area contributed by atoms with Gasteiger partial charge in [-0.3, -0.25) is 0 Å². The highest BCUT2D eigenvalue weighted by Gasteiger charge is 2.22. The van der Waals surface area contributed by atoms with E-state index in [-0.39, 0.29) is 0 Å². The summed E-state index contributed by atoms with van der Waals surface area (Å²) >= 11 is 1.83. The Hall–Kier alpha value is -7.21. The molecular formula is C51H31N3OS. The molecule has 0 atom stereocenters. The summed E-state index contributed by atoms with van der Waals surface area (Å²) < 4.78 is 9.21. The van der Waals surface area contributed by atoms with Crippen LogP contribution in [0.4, 0.5) is 0 Å². The van der Waals surface area contributed by atoms with Gasteiger partial charge in [0.15, 0.2) is 17.5 Å². The summed E-state index contributed by atoms with van der Waals surface area (Å²) in [6.45, 7) is 0. The van der Waals surface area contributed by atoms with Gasteiger partial charge in [-0.05, 0) is 69.8 Å². The van der Waals surface area contributed by atoms with Crippen LogP contribution < -0.4 is 0 Å². The van der Waals surface area contributed by atoms with Crippen molar-refractivity contribution in [2.24, 2.45) is 0 Å². The van der Waals surface area contributed by atoms with Gasteiger partial charge in [-0.2, -0.15) is 0 Å². The van der Waals surface area contributed by atoms with E-state index in [0.29, 0.717) is 17.5 Å². The average molecular weight is 734 g/mol. The fourth-order valence-electron chi connectivity index (χ4n) is 7.84. The number of thiophene rings is 1. The van der Waals surface area contributed by atoms with Crippen molar-refractivity contribution in [3.8, 4) is 67.5 Å². The zero-order valence-corrected chi connectivity index (χ0v) is 30.9. The van der Waals surface area contributed by atoms with E-state index < -0.39 is 0 Å². The summed E-state index contributed by atoms with van der Waals surface area (Å²) in [5, 5.41) is 4.48. The van der Waals surface area contributed by atoms with Crippen LogP contribution in [0.15, 0.2) is 192 Å². The van der Waals surface area contributed by atoms with Gasteiger partial charge in [0, 0.05) is 47.6 Å². The molecule has 4 nitrogen and oxygen atoms in total. The van der Waals surface area contributed by atoms with E-state index in [1.54, 1.807) is 0 Å². The van der Waals surface area contributed by atoms with Crippen LogP contribution >= 0.6 is 11.3 Å². The summed E-state index contributed by atoms with van der Waals surface area (Å²) in [5.41, 5.74) is 11.1. The summed E-state index contributed by atoms with van der Waals surface area (Å²) in [6, 6.07) is 65.7. The maximum atomic E-state index is 6.68. The van der Waals surface area contributed by atoms with Crippen molar-refractivity contribution >= 4 is 53.4 Å². The predicted octanol–water partition coefficient (Wildman–Crippen LogP) is 14.1. The van der Waals surface area contributed by atoms with Crippen LogP contribution in [0, 0.1) is 0 Å². The Morgan fingerprint density at radius 1 is 0.321 bits per heavy atom. The van der Waals surface area contributed by atoms with E-state index in [2.05, 4.69) is 140 Å². The fourth-order valence-corrected chi connectivity index (χ4v) is 8.96. The van der Waals surface area contributed by atoms with Crippen LogP contribution in [-0.4, -0.2) is 15.0 Å². The number of nitrogens with zero attached hydrogens (tertiary/aromatic N) is 3. The van der Waals surface area contributed by atoms with Gasteiger partial charge in [-0.15, -0.1) is 11.3 Å². The van der Waals surface area contributed by atoms with Crippen LogP contribution in [0.1, 0.15) is 0 Å². The molecule has 0 unspecified atom stereocenters. The Labute approximate surface area is 327 Å². The second-order valence-electron chi connectivity index (χ2n) is 14.0. The first-order chi connectivity index (χ1) is 27.7. The molecule has 0 amide bonds. The number of hydrogen-bond acceptors (Lipinski definition) is 5. The average Bonchev–Trinajstić information content (AvgIpc) is 3.84. The first-order valence-corrected chi connectivity index (χ1v) is 19.5. The molecule has 5 heteroatoms. The Kier molecular flexibility index (Phi) is 7.64. The quantitative estimate of drug-likeness (QED) is 0.171. The van der Waals surface area contributed by atoms with E-state index in [4.69, 9.17) is 19.4 Å². The molecule has 0 aliphatic carbocycles. The summed E-state index contributed by atoms with van der Waals surface area (Å²) in [5.74, 6) is 1.80. The number of benzene rings is 8. The summed E-state index contributed by atoms with van der Waals surface area (Å²) in [7, 11) is 0. The van der Waals surface area contributed by atoms with E-state index >= 15 is 0 Å². The number of aromatic nitrogens is 3. The molecule has 11 aromatic rings. The third-order valence-electron chi connectivity index (χ3n) is 10.5. The molecule has 3 aromatic heterocycles. The molecule has 262 valence electrons. The van der Waals surface area contributed by atoms with Crippen molar-refractivity contribution in [3.63, 3.8) is 0 Å². The molecule has 0 spiro atoms. The third kappa shape index (κ3) is 5.56. The lowest BCUT2D eigenvalue weighted by molar-refractivity contribution is 0.669. The largest absolute Gasteiger partial charge is 0.456 e. The molecule has 8 aromatic carbocycles. The van der Waals surface area contributed by atoms with E-state index in [9.17, 15) is 0 Å². The lowest BCUT2D eigenvalue weighted by atomic mass is 9.91. The first kappa shape index (κ1) is 32.2.